The Morgan fingerprint density at radius 1 is 1.55 bits per heavy atom. The van der Waals surface area contributed by atoms with Crippen LogP contribution < -0.4 is 5.73 Å². The highest BCUT2D eigenvalue weighted by atomic mass is 16.5. The first-order valence-electron chi connectivity index (χ1n) is 3.26. The number of primary amides is 1. The molecule has 2 unspecified atom stereocenters. The summed E-state index contributed by atoms with van der Waals surface area (Å²) in [6, 6.07) is 0. The summed E-state index contributed by atoms with van der Waals surface area (Å²) in [7, 11) is 0. The highest BCUT2D eigenvalue weighted by molar-refractivity contribution is 5.85. The average Bonchev–Trinajstić information content (AvgIpc) is 2.32. The minimum absolute atomic E-state index is 0.296. The lowest BCUT2D eigenvalue weighted by atomic mass is 10.0. The molecule has 0 aromatic rings. The van der Waals surface area contributed by atoms with Crippen molar-refractivity contribution in [3.05, 3.63) is 0 Å². The molecule has 0 radical (unpaired) electrons. The third kappa shape index (κ3) is 1.48. The molecule has 2 atom stereocenters. The van der Waals surface area contributed by atoms with E-state index >= 15 is 0 Å². The van der Waals surface area contributed by atoms with Crippen molar-refractivity contribution in [1.29, 1.82) is 0 Å². The third-order valence-electron chi connectivity index (χ3n) is 1.69. The van der Waals surface area contributed by atoms with E-state index in [2.05, 4.69) is 0 Å². The van der Waals surface area contributed by atoms with Gasteiger partial charge in [-0.25, -0.2) is 0 Å². The van der Waals surface area contributed by atoms with Crippen molar-refractivity contribution in [2.24, 2.45) is 11.7 Å². The fourth-order valence-corrected chi connectivity index (χ4v) is 1.12. The van der Waals surface area contributed by atoms with Crippen LogP contribution in [-0.2, 0) is 14.3 Å². The van der Waals surface area contributed by atoms with Crippen molar-refractivity contribution in [1.82, 2.24) is 0 Å². The standard InChI is InChI=1S/C6H9NO4/c7-5(8)4-3(6(9)10)1-2-11-4/h3-4H,1-2H2,(H2,7,8)(H,9,10). The van der Waals surface area contributed by atoms with Gasteiger partial charge in [0.2, 0.25) is 5.91 Å². The molecule has 62 valence electrons. The van der Waals surface area contributed by atoms with E-state index in [0.717, 1.165) is 0 Å². The van der Waals surface area contributed by atoms with Crippen LogP contribution in [0, 0.1) is 5.92 Å². The Kier molecular flexibility index (Phi) is 2.09. The normalized spacial score (nSPS) is 30.2. The Morgan fingerprint density at radius 3 is 2.55 bits per heavy atom. The molecule has 0 aromatic heterocycles. The van der Waals surface area contributed by atoms with Gasteiger partial charge in [0, 0.05) is 6.61 Å². The molecule has 1 amide bonds. The van der Waals surface area contributed by atoms with Crippen molar-refractivity contribution in [3.63, 3.8) is 0 Å². The number of ether oxygens (including phenoxy) is 1. The maximum absolute atomic E-state index is 10.6. The Morgan fingerprint density at radius 2 is 2.18 bits per heavy atom. The molecule has 5 nitrogen and oxygen atoms in total. The number of nitrogens with two attached hydrogens (primary N) is 1. The van der Waals surface area contributed by atoms with Gasteiger partial charge in [-0.2, -0.15) is 0 Å². The summed E-state index contributed by atoms with van der Waals surface area (Å²) in [5, 5.41) is 8.54. The molecule has 1 aliphatic heterocycles. The lowest BCUT2D eigenvalue weighted by Gasteiger charge is -2.09. The van der Waals surface area contributed by atoms with Gasteiger partial charge in [-0.15, -0.1) is 0 Å². The zero-order valence-corrected chi connectivity index (χ0v) is 5.82. The minimum atomic E-state index is -1.02. The summed E-state index contributed by atoms with van der Waals surface area (Å²) in [5.41, 5.74) is 4.90. The van der Waals surface area contributed by atoms with Gasteiger partial charge < -0.3 is 15.6 Å². The number of carboxylic acid groups (broad SMARTS) is 1. The SMILES string of the molecule is NC(=O)C1OCCC1C(=O)O. The summed E-state index contributed by atoms with van der Waals surface area (Å²) in [4.78, 5) is 21.0. The predicted molar refractivity (Wildman–Crippen MR) is 34.7 cm³/mol. The molecule has 0 bridgehead atoms. The second kappa shape index (κ2) is 2.87. The molecule has 0 aliphatic carbocycles. The fraction of sp³-hybridized carbons (Fsp3) is 0.667. The molecule has 1 fully saturated rings. The van der Waals surface area contributed by atoms with E-state index in [0.29, 0.717) is 13.0 Å². The largest absolute Gasteiger partial charge is 0.481 e. The van der Waals surface area contributed by atoms with Crippen molar-refractivity contribution >= 4 is 11.9 Å². The van der Waals surface area contributed by atoms with Crippen LogP contribution in [0.2, 0.25) is 0 Å². The van der Waals surface area contributed by atoms with Crippen molar-refractivity contribution in [2.45, 2.75) is 12.5 Å². The summed E-state index contributed by atoms with van der Waals surface area (Å²) in [6.07, 6.45) is -0.573. The first kappa shape index (κ1) is 8.00. The van der Waals surface area contributed by atoms with Crippen LogP contribution in [0.25, 0.3) is 0 Å². The molecule has 1 saturated heterocycles. The number of hydrogen-bond acceptors (Lipinski definition) is 3. The molecular formula is C6H9NO4. The summed E-state index contributed by atoms with van der Waals surface area (Å²) >= 11 is 0. The maximum Gasteiger partial charge on any atom is 0.309 e. The van der Waals surface area contributed by atoms with E-state index in [1.165, 1.54) is 0 Å². The summed E-state index contributed by atoms with van der Waals surface area (Å²) < 4.78 is 4.83. The van der Waals surface area contributed by atoms with E-state index < -0.39 is 23.9 Å². The van der Waals surface area contributed by atoms with Gasteiger partial charge in [0.1, 0.15) is 6.10 Å². The quantitative estimate of drug-likeness (QED) is 0.538. The number of hydrogen-bond donors (Lipinski definition) is 2. The lowest BCUT2D eigenvalue weighted by molar-refractivity contribution is -0.147. The number of rotatable bonds is 2. The third-order valence-corrected chi connectivity index (χ3v) is 1.69. The number of aliphatic carboxylic acids is 1. The molecule has 1 rings (SSSR count). The van der Waals surface area contributed by atoms with E-state index in [-0.39, 0.29) is 0 Å². The van der Waals surface area contributed by atoms with Crippen molar-refractivity contribution < 1.29 is 19.4 Å². The highest BCUT2D eigenvalue weighted by Gasteiger charge is 2.37. The van der Waals surface area contributed by atoms with Crippen molar-refractivity contribution in [2.75, 3.05) is 6.61 Å². The number of amides is 1. The summed E-state index contributed by atoms with van der Waals surface area (Å²) in [6.45, 7) is 0.296. The highest BCUT2D eigenvalue weighted by Crippen LogP contribution is 2.20. The zero-order chi connectivity index (χ0) is 8.43. The van der Waals surface area contributed by atoms with E-state index in [9.17, 15) is 9.59 Å². The van der Waals surface area contributed by atoms with Crippen LogP contribution in [0.1, 0.15) is 6.42 Å². The molecule has 11 heavy (non-hydrogen) atoms. The topological polar surface area (TPSA) is 89.6 Å². The van der Waals surface area contributed by atoms with E-state index in [1.54, 1.807) is 0 Å². The van der Waals surface area contributed by atoms with Gasteiger partial charge in [-0.1, -0.05) is 0 Å². The van der Waals surface area contributed by atoms with Gasteiger partial charge in [0.15, 0.2) is 0 Å². The number of carbonyl (C=O) groups excluding carboxylic acids is 1. The summed E-state index contributed by atoms with van der Waals surface area (Å²) in [5.74, 6) is -2.48. The number of carbonyl (C=O) groups is 2. The Hall–Kier alpha value is -1.10. The van der Waals surface area contributed by atoms with Gasteiger partial charge >= 0.3 is 5.97 Å². The van der Waals surface area contributed by atoms with Crippen LogP contribution in [0.3, 0.4) is 0 Å². The second-order valence-electron chi connectivity index (χ2n) is 2.43. The van der Waals surface area contributed by atoms with Crippen LogP contribution >= 0.6 is 0 Å². The zero-order valence-electron chi connectivity index (χ0n) is 5.82. The smallest absolute Gasteiger partial charge is 0.309 e. The van der Waals surface area contributed by atoms with Crippen LogP contribution in [-0.4, -0.2) is 29.7 Å². The Bertz CT molecular complexity index is 171. The van der Waals surface area contributed by atoms with Gasteiger partial charge in [0.05, 0.1) is 5.92 Å². The van der Waals surface area contributed by atoms with Gasteiger partial charge in [-0.3, -0.25) is 9.59 Å². The molecule has 3 N–H and O–H groups in total. The molecule has 5 heteroatoms. The lowest BCUT2D eigenvalue weighted by Crippen LogP contribution is -2.36. The van der Waals surface area contributed by atoms with E-state index in [4.69, 9.17) is 15.6 Å². The maximum atomic E-state index is 10.6. The van der Waals surface area contributed by atoms with E-state index in [1.807, 2.05) is 0 Å². The Balaban J connectivity index is 2.65. The van der Waals surface area contributed by atoms with Crippen molar-refractivity contribution in [3.8, 4) is 0 Å². The molecule has 0 aromatic carbocycles. The number of carboxylic acids is 1. The molecule has 0 spiro atoms. The molecule has 1 aliphatic rings. The fourth-order valence-electron chi connectivity index (χ4n) is 1.12. The Labute approximate surface area is 63.1 Å². The van der Waals surface area contributed by atoms with Crippen LogP contribution in [0.15, 0.2) is 0 Å². The first-order chi connectivity index (χ1) is 5.13. The van der Waals surface area contributed by atoms with Gasteiger partial charge in [0.25, 0.3) is 0 Å². The monoisotopic (exact) mass is 159 g/mol. The predicted octanol–water partition coefficient (Wildman–Crippen LogP) is -1.04. The average molecular weight is 159 g/mol. The molecule has 1 heterocycles. The van der Waals surface area contributed by atoms with Crippen LogP contribution in [0.4, 0.5) is 0 Å². The van der Waals surface area contributed by atoms with Crippen LogP contribution in [0.5, 0.6) is 0 Å². The molecule has 0 saturated carbocycles. The second-order valence-corrected chi connectivity index (χ2v) is 2.43. The first-order valence-corrected chi connectivity index (χ1v) is 3.26. The minimum Gasteiger partial charge on any atom is -0.481 e. The van der Waals surface area contributed by atoms with Gasteiger partial charge in [-0.05, 0) is 6.42 Å². The molecular weight excluding hydrogens is 150 g/mol.